The number of carbonyl (C=O) groups is 2. The number of carbonyl (C=O) groups excluding carboxylic acids is 2. The van der Waals surface area contributed by atoms with E-state index in [2.05, 4.69) is 4.99 Å². The van der Waals surface area contributed by atoms with E-state index in [9.17, 15) is 18.0 Å². The summed E-state index contributed by atoms with van der Waals surface area (Å²) >= 11 is 1.28. The second kappa shape index (κ2) is 8.30. The molecule has 1 amide bonds. The Hall–Kier alpha value is -2.78. The summed E-state index contributed by atoms with van der Waals surface area (Å²) in [5.41, 5.74) is 1.97. The Labute approximate surface area is 172 Å². The number of aryl methyl sites for hydroxylation is 1. The molecule has 0 bridgehead atoms. The molecule has 0 aliphatic heterocycles. The first kappa shape index (κ1) is 20.9. The van der Waals surface area contributed by atoms with Crippen LogP contribution in [0.5, 0.6) is 0 Å². The number of ether oxygens (including phenoxy) is 1. The summed E-state index contributed by atoms with van der Waals surface area (Å²) in [4.78, 5) is 29.3. The van der Waals surface area contributed by atoms with Crippen LogP contribution in [0.2, 0.25) is 0 Å². The van der Waals surface area contributed by atoms with Gasteiger partial charge in [0.2, 0.25) is 0 Å². The minimum atomic E-state index is -3.45. The molecule has 29 heavy (non-hydrogen) atoms. The Morgan fingerprint density at radius 1 is 1.17 bits per heavy atom. The fraction of sp³-hybridized carbons (Fsp3) is 0.250. The van der Waals surface area contributed by atoms with Crippen molar-refractivity contribution in [3.63, 3.8) is 0 Å². The molecule has 152 valence electrons. The van der Waals surface area contributed by atoms with Gasteiger partial charge in [0.15, 0.2) is 14.6 Å². The smallest absolute Gasteiger partial charge is 0.326 e. The van der Waals surface area contributed by atoms with Crippen molar-refractivity contribution in [2.45, 2.75) is 25.3 Å². The van der Waals surface area contributed by atoms with Crippen molar-refractivity contribution in [3.05, 3.63) is 58.4 Å². The lowest BCUT2D eigenvalue weighted by molar-refractivity contribution is -0.143. The molecule has 1 aromatic heterocycles. The number of rotatable bonds is 5. The Morgan fingerprint density at radius 3 is 2.62 bits per heavy atom. The topological polar surface area (TPSA) is 94.8 Å². The predicted molar refractivity (Wildman–Crippen MR) is 111 cm³/mol. The summed E-state index contributed by atoms with van der Waals surface area (Å²) in [5.74, 6) is -1.02. The first-order valence-electron chi connectivity index (χ1n) is 8.84. The lowest BCUT2D eigenvalue weighted by Crippen LogP contribution is -2.23. The molecule has 0 radical (unpaired) electrons. The number of amides is 1. The van der Waals surface area contributed by atoms with Gasteiger partial charge in [-0.3, -0.25) is 9.59 Å². The van der Waals surface area contributed by atoms with Crippen LogP contribution in [0, 0.1) is 6.92 Å². The third kappa shape index (κ3) is 4.80. The van der Waals surface area contributed by atoms with Crippen LogP contribution in [0.1, 0.15) is 22.8 Å². The number of nitrogens with zero attached hydrogens (tertiary/aromatic N) is 2. The number of benzene rings is 2. The summed E-state index contributed by atoms with van der Waals surface area (Å²) < 4.78 is 31.1. The number of fused-ring (bicyclic) bond motifs is 1. The van der Waals surface area contributed by atoms with Gasteiger partial charge in [0.05, 0.1) is 21.7 Å². The van der Waals surface area contributed by atoms with Crippen molar-refractivity contribution in [3.8, 4) is 0 Å². The van der Waals surface area contributed by atoms with Gasteiger partial charge in [-0.25, -0.2) is 8.42 Å². The molecule has 3 rings (SSSR count). The average Bonchev–Trinajstić information content (AvgIpc) is 2.97. The molecule has 0 N–H and O–H groups in total. The van der Waals surface area contributed by atoms with Gasteiger partial charge in [-0.15, -0.1) is 0 Å². The predicted octanol–water partition coefficient (Wildman–Crippen LogP) is 2.72. The van der Waals surface area contributed by atoms with Crippen molar-refractivity contribution >= 4 is 43.3 Å². The largest absolute Gasteiger partial charge is 0.465 e. The summed E-state index contributed by atoms with van der Waals surface area (Å²) in [6, 6.07) is 11.5. The van der Waals surface area contributed by atoms with Crippen molar-refractivity contribution < 1.29 is 22.7 Å². The molecule has 3 aromatic rings. The zero-order valence-electron chi connectivity index (χ0n) is 16.2. The third-order valence-corrected chi connectivity index (χ3v) is 6.29. The maximum Gasteiger partial charge on any atom is 0.326 e. The molecule has 2 aromatic carbocycles. The Morgan fingerprint density at radius 2 is 1.93 bits per heavy atom. The van der Waals surface area contributed by atoms with Gasteiger partial charge in [0.1, 0.15) is 6.54 Å². The van der Waals surface area contributed by atoms with E-state index in [1.165, 1.54) is 35.6 Å². The highest BCUT2D eigenvalue weighted by molar-refractivity contribution is 7.90. The summed E-state index contributed by atoms with van der Waals surface area (Å²) in [6.45, 7) is 3.85. The highest BCUT2D eigenvalue weighted by Crippen LogP contribution is 2.19. The minimum absolute atomic E-state index is 0.0462. The van der Waals surface area contributed by atoms with Crippen molar-refractivity contribution in [1.29, 1.82) is 0 Å². The quantitative estimate of drug-likeness (QED) is 0.578. The van der Waals surface area contributed by atoms with Gasteiger partial charge in [-0.2, -0.15) is 4.99 Å². The monoisotopic (exact) mass is 432 g/mol. The van der Waals surface area contributed by atoms with Gasteiger partial charge < -0.3 is 9.30 Å². The maximum absolute atomic E-state index is 12.7. The van der Waals surface area contributed by atoms with Crippen molar-refractivity contribution in [1.82, 2.24) is 4.57 Å². The van der Waals surface area contributed by atoms with Crippen molar-refractivity contribution in [2.24, 2.45) is 4.99 Å². The molecule has 9 heteroatoms. The molecular formula is C20H20N2O5S2. The number of hydrogen-bond acceptors (Lipinski definition) is 6. The average molecular weight is 433 g/mol. The number of hydrogen-bond donors (Lipinski definition) is 0. The van der Waals surface area contributed by atoms with Gasteiger partial charge in [0.25, 0.3) is 5.91 Å². The Kier molecular flexibility index (Phi) is 5.99. The molecule has 0 saturated heterocycles. The Balaban J connectivity index is 2.11. The molecule has 0 spiro atoms. The third-order valence-electron chi connectivity index (χ3n) is 4.14. The molecule has 0 saturated carbocycles. The van der Waals surface area contributed by atoms with Crippen molar-refractivity contribution in [2.75, 3.05) is 12.9 Å². The zero-order chi connectivity index (χ0) is 21.2. The summed E-state index contributed by atoms with van der Waals surface area (Å²) in [5, 5.41) is 0. The number of esters is 1. The van der Waals surface area contributed by atoms with E-state index < -0.39 is 21.7 Å². The highest BCUT2D eigenvalue weighted by atomic mass is 32.2. The molecule has 7 nitrogen and oxygen atoms in total. The van der Waals surface area contributed by atoms with Crippen LogP contribution < -0.4 is 4.80 Å². The SMILES string of the molecule is CCOC(=O)Cn1c(=NC(=O)c2cccc(S(C)(=O)=O)c2)sc2cc(C)ccc21. The summed E-state index contributed by atoms with van der Waals surface area (Å²) in [6.07, 6.45) is 1.08. The minimum Gasteiger partial charge on any atom is -0.465 e. The maximum atomic E-state index is 12.7. The first-order valence-corrected chi connectivity index (χ1v) is 11.5. The van der Waals surface area contributed by atoms with E-state index in [-0.39, 0.29) is 23.6 Å². The normalized spacial score (nSPS) is 12.3. The number of aromatic nitrogens is 1. The van der Waals surface area contributed by atoms with Gasteiger partial charge in [0, 0.05) is 11.8 Å². The van der Waals surface area contributed by atoms with Crippen LogP contribution in [-0.2, 0) is 25.9 Å². The second-order valence-electron chi connectivity index (χ2n) is 6.46. The van der Waals surface area contributed by atoms with Crippen LogP contribution in [-0.4, -0.2) is 37.7 Å². The van der Waals surface area contributed by atoms with E-state index >= 15 is 0 Å². The molecule has 0 aliphatic carbocycles. The van der Waals surface area contributed by atoms with Gasteiger partial charge in [-0.05, 0) is 49.7 Å². The van der Waals surface area contributed by atoms with E-state index in [0.717, 1.165) is 22.0 Å². The van der Waals surface area contributed by atoms with Crippen LogP contribution in [0.4, 0.5) is 0 Å². The molecular weight excluding hydrogens is 412 g/mol. The van der Waals surface area contributed by atoms with Gasteiger partial charge in [-0.1, -0.05) is 23.5 Å². The van der Waals surface area contributed by atoms with E-state index in [1.54, 1.807) is 11.5 Å². The number of sulfone groups is 1. The lowest BCUT2D eigenvalue weighted by Gasteiger charge is -2.05. The zero-order valence-corrected chi connectivity index (χ0v) is 17.8. The number of thiazole rings is 1. The fourth-order valence-corrected chi connectivity index (χ4v) is 4.56. The molecule has 0 fully saturated rings. The van der Waals surface area contributed by atoms with E-state index in [0.29, 0.717) is 4.80 Å². The fourth-order valence-electron chi connectivity index (χ4n) is 2.77. The molecule has 0 atom stereocenters. The molecule has 1 heterocycles. The lowest BCUT2D eigenvalue weighted by atomic mass is 10.2. The summed E-state index contributed by atoms with van der Waals surface area (Å²) in [7, 11) is -3.45. The molecule has 0 unspecified atom stereocenters. The van der Waals surface area contributed by atoms with Gasteiger partial charge >= 0.3 is 5.97 Å². The van der Waals surface area contributed by atoms with E-state index in [1.807, 2.05) is 25.1 Å². The van der Waals surface area contributed by atoms with Crippen LogP contribution in [0.15, 0.2) is 52.4 Å². The van der Waals surface area contributed by atoms with Crippen LogP contribution in [0.3, 0.4) is 0 Å². The first-order chi connectivity index (χ1) is 13.7. The van der Waals surface area contributed by atoms with E-state index in [4.69, 9.17) is 4.74 Å². The standard InChI is InChI=1S/C20H20N2O5S2/c1-4-27-18(23)12-22-16-9-8-13(2)10-17(16)28-20(22)21-19(24)14-6-5-7-15(11-14)29(3,25)26/h5-11H,4,12H2,1-3H3. The molecule has 0 aliphatic rings. The van der Waals surface area contributed by atoms with Crippen LogP contribution >= 0.6 is 11.3 Å². The highest BCUT2D eigenvalue weighted by Gasteiger charge is 2.14. The Bertz CT molecular complexity index is 1270. The van der Waals surface area contributed by atoms with Crippen LogP contribution in [0.25, 0.3) is 10.2 Å². The second-order valence-corrected chi connectivity index (χ2v) is 9.49.